The fourth-order valence-electron chi connectivity index (χ4n) is 2.13. The minimum absolute atomic E-state index is 0.171. The zero-order valence-corrected chi connectivity index (χ0v) is 13.8. The zero-order valence-electron chi connectivity index (χ0n) is 13.0. The molecule has 1 fully saturated rings. The van der Waals surface area contributed by atoms with Crippen LogP contribution in [0.3, 0.4) is 0 Å². The predicted octanol–water partition coefficient (Wildman–Crippen LogP) is -0.429. The van der Waals surface area contributed by atoms with E-state index in [1.165, 1.54) is 38.1 Å². The first-order valence-electron chi connectivity index (χ1n) is 6.82. The Kier molecular flexibility index (Phi) is 4.49. The molecule has 0 aliphatic carbocycles. The summed E-state index contributed by atoms with van der Waals surface area (Å²) in [7, 11) is -3.93. The number of carbonyl (C=O) groups is 3. The van der Waals surface area contributed by atoms with Crippen LogP contribution < -0.4 is 20.5 Å². The Hall–Kier alpha value is -2.66. The average molecular weight is 355 g/mol. The van der Waals surface area contributed by atoms with Crippen LogP contribution in [0.15, 0.2) is 24.3 Å². The van der Waals surface area contributed by atoms with E-state index in [-0.39, 0.29) is 12.2 Å². The predicted molar refractivity (Wildman–Crippen MR) is 86.1 cm³/mol. The molecule has 0 aromatic heterocycles. The van der Waals surface area contributed by atoms with Gasteiger partial charge in [0.25, 0.3) is 16.1 Å². The summed E-state index contributed by atoms with van der Waals surface area (Å²) in [5.41, 5.74) is -0.659. The van der Waals surface area contributed by atoms with Crippen molar-refractivity contribution < 1.29 is 22.8 Å². The first-order chi connectivity index (χ1) is 11.0. The number of urea groups is 1. The summed E-state index contributed by atoms with van der Waals surface area (Å²) in [5.74, 6) is -1.03. The van der Waals surface area contributed by atoms with Crippen LogP contribution in [0.1, 0.15) is 13.8 Å². The van der Waals surface area contributed by atoms with E-state index in [2.05, 4.69) is 15.4 Å². The summed E-state index contributed by atoms with van der Waals surface area (Å²) in [4.78, 5) is 36.6. The number of carbonyl (C=O) groups excluding carboxylic acids is 3. The number of nitrogens with two attached hydrogens (primary N) is 1. The number of imide groups is 1. The van der Waals surface area contributed by atoms with Gasteiger partial charge in [0.1, 0.15) is 12.1 Å². The monoisotopic (exact) mass is 355 g/mol. The van der Waals surface area contributed by atoms with Crippen molar-refractivity contribution in [1.82, 2.24) is 10.2 Å². The Morgan fingerprint density at radius 3 is 2.46 bits per heavy atom. The summed E-state index contributed by atoms with van der Waals surface area (Å²) < 4.78 is 24.1. The number of benzene rings is 1. The average Bonchev–Trinajstić information content (AvgIpc) is 2.60. The second kappa shape index (κ2) is 6.09. The fraction of sp³-hybridized carbons (Fsp3) is 0.308. The van der Waals surface area contributed by atoms with E-state index in [1.807, 2.05) is 0 Å². The lowest BCUT2D eigenvalue weighted by molar-refractivity contribution is -0.126. The molecule has 2 rings (SSSR count). The highest BCUT2D eigenvalue weighted by Crippen LogP contribution is 2.21. The molecule has 0 spiro atoms. The normalized spacial score (nSPS) is 16.7. The summed E-state index contributed by atoms with van der Waals surface area (Å²) in [6.07, 6.45) is 0. The number of rotatable bonds is 5. The number of anilines is 2. The van der Waals surface area contributed by atoms with Crippen LogP contribution in [0, 0.1) is 0 Å². The maximum absolute atomic E-state index is 12.1. The summed E-state index contributed by atoms with van der Waals surface area (Å²) in [6.45, 7) is 2.71. The van der Waals surface area contributed by atoms with Crippen LogP contribution in [0.5, 0.6) is 0 Å². The molecule has 0 bridgehead atoms. The van der Waals surface area contributed by atoms with Crippen molar-refractivity contribution in [3.8, 4) is 0 Å². The number of nitrogens with zero attached hydrogens (tertiary/aromatic N) is 1. The van der Waals surface area contributed by atoms with Gasteiger partial charge in [-0.05, 0) is 32.0 Å². The first-order valence-corrected chi connectivity index (χ1v) is 8.37. The molecule has 5 N–H and O–H groups in total. The van der Waals surface area contributed by atoms with E-state index in [9.17, 15) is 22.8 Å². The molecule has 0 radical (unpaired) electrons. The lowest BCUT2D eigenvalue weighted by Gasteiger charge is -2.27. The molecule has 1 aliphatic heterocycles. The van der Waals surface area contributed by atoms with Crippen LogP contribution in [0.2, 0.25) is 0 Å². The quantitative estimate of drug-likeness (QED) is 0.528. The third kappa shape index (κ3) is 4.00. The van der Waals surface area contributed by atoms with Gasteiger partial charge in [-0.1, -0.05) is 6.07 Å². The van der Waals surface area contributed by atoms with Crippen molar-refractivity contribution in [2.75, 3.05) is 16.6 Å². The van der Waals surface area contributed by atoms with E-state index in [4.69, 9.17) is 5.14 Å². The topological polar surface area (TPSA) is 151 Å². The van der Waals surface area contributed by atoms with Gasteiger partial charge in [0, 0.05) is 5.69 Å². The van der Waals surface area contributed by atoms with Crippen LogP contribution >= 0.6 is 0 Å². The molecule has 0 saturated carbocycles. The number of nitrogens with one attached hydrogen (secondary N) is 3. The maximum Gasteiger partial charge on any atom is 0.325 e. The van der Waals surface area contributed by atoms with Crippen molar-refractivity contribution in [2.45, 2.75) is 19.4 Å². The zero-order chi connectivity index (χ0) is 18.1. The molecular weight excluding hydrogens is 338 g/mol. The third-order valence-electron chi connectivity index (χ3n) is 3.40. The van der Waals surface area contributed by atoms with Crippen LogP contribution in [-0.2, 0) is 19.8 Å². The molecule has 130 valence electrons. The fourth-order valence-corrected chi connectivity index (χ4v) is 2.59. The minimum atomic E-state index is -3.93. The van der Waals surface area contributed by atoms with E-state index in [0.29, 0.717) is 5.69 Å². The SMILES string of the molecule is CC1(C)C(=O)NC(=O)N1CC(=O)Nc1cccc(NS(N)(=O)=O)c1. The highest BCUT2D eigenvalue weighted by Gasteiger charge is 2.46. The highest BCUT2D eigenvalue weighted by molar-refractivity contribution is 7.90. The Bertz CT molecular complexity index is 805. The number of hydrogen-bond donors (Lipinski definition) is 4. The largest absolute Gasteiger partial charge is 0.325 e. The van der Waals surface area contributed by atoms with Gasteiger partial charge in [0.15, 0.2) is 0 Å². The second-order valence-electron chi connectivity index (χ2n) is 5.68. The number of hydrogen-bond acceptors (Lipinski definition) is 5. The van der Waals surface area contributed by atoms with Crippen LogP contribution in [0.4, 0.5) is 16.2 Å². The summed E-state index contributed by atoms with van der Waals surface area (Å²) >= 11 is 0. The Morgan fingerprint density at radius 2 is 1.92 bits per heavy atom. The second-order valence-corrected chi connectivity index (χ2v) is 6.97. The lowest BCUT2D eigenvalue weighted by Crippen LogP contribution is -2.47. The molecular formula is C13H17N5O5S. The molecule has 4 amide bonds. The van der Waals surface area contributed by atoms with Gasteiger partial charge in [-0.3, -0.25) is 19.6 Å². The molecule has 1 aliphatic rings. The van der Waals surface area contributed by atoms with Gasteiger partial charge in [-0.2, -0.15) is 8.42 Å². The van der Waals surface area contributed by atoms with Crippen LogP contribution in [-0.4, -0.2) is 43.2 Å². The molecule has 0 atom stereocenters. The van der Waals surface area contributed by atoms with E-state index in [1.54, 1.807) is 0 Å². The van der Waals surface area contributed by atoms with E-state index < -0.39 is 33.6 Å². The van der Waals surface area contributed by atoms with Gasteiger partial charge >= 0.3 is 6.03 Å². The van der Waals surface area contributed by atoms with Gasteiger partial charge in [0.05, 0.1) is 5.69 Å². The maximum atomic E-state index is 12.1. The summed E-state index contributed by atoms with van der Waals surface area (Å²) in [5, 5.41) is 9.54. The van der Waals surface area contributed by atoms with Crippen molar-refractivity contribution in [1.29, 1.82) is 0 Å². The van der Waals surface area contributed by atoms with E-state index >= 15 is 0 Å². The standard InChI is InChI=1S/C13H17N5O5S/c1-13(2)11(20)16-12(21)18(13)7-10(19)15-8-4-3-5-9(6-8)17-24(14,22)23/h3-6,17H,7H2,1-2H3,(H,15,19)(H2,14,22,23)(H,16,20,21). The highest BCUT2D eigenvalue weighted by atomic mass is 32.2. The Balaban J connectivity index is 2.07. The van der Waals surface area contributed by atoms with Crippen molar-refractivity contribution >= 4 is 39.4 Å². The molecule has 24 heavy (non-hydrogen) atoms. The third-order valence-corrected chi connectivity index (χ3v) is 3.92. The Labute approximate surface area is 138 Å². The molecule has 10 nitrogen and oxygen atoms in total. The Morgan fingerprint density at radius 1 is 1.29 bits per heavy atom. The molecule has 1 aromatic carbocycles. The molecule has 1 saturated heterocycles. The smallest absolute Gasteiger partial charge is 0.324 e. The van der Waals surface area contributed by atoms with Crippen molar-refractivity contribution in [3.63, 3.8) is 0 Å². The first kappa shape index (κ1) is 17.7. The molecule has 1 heterocycles. The summed E-state index contributed by atoms with van der Waals surface area (Å²) in [6, 6.07) is 5.22. The lowest BCUT2D eigenvalue weighted by atomic mass is 10.0. The van der Waals surface area contributed by atoms with Gasteiger partial charge < -0.3 is 10.2 Å². The van der Waals surface area contributed by atoms with Gasteiger partial charge in [-0.25, -0.2) is 9.93 Å². The molecule has 11 heteroatoms. The molecule has 1 aromatic rings. The van der Waals surface area contributed by atoms with Gasteiger partial charge in [-0.15, -0.1) is 0 Å². The van der Waals surface area contributed by atoms with Crippen molar-refractivity contribution in [2.24, 2.45) is 5.14 Å². The minimum Gasteiger partial charge on any atom is -0.324 e. The van der Waals surface area contributed by atoms with Gasteiger partial charge in [0.2, 0.25) is 5.91 Å². The number of amides is 4. The van der Waals surface area contributed by atoms with Crippen LogP contribution in [0.25, 0.3) is 0 Å². The van der Waals surface area contributed by atoms with E-state index in [0.717, 1.165) is 4.90 Å². The van der Waals surface area contributed by atoms with Crippen molar-refractivity contribution in [3.05, 3.63) is 24.3 Å². The molecule has 0 unspecified atom stereocenters.